The van der Waals surface area contributed by atoms with Crippen molar-refractivity contribution < 1.29 is 5.11 Å². The number of aliphatic imine (C=N–C) groups is 1. The predicted molar refractivity (Wildman–Crippen MR) is 150 cm³/mol. The molecular weight excluding hydrogens is 462 g/mol. The highest BCUT2D eigenvalue weighted by molar-refractivity contribution is 5.93. The molecule has 3 aromatic rings. The highest BCUT2D eigenvalue weighted by Gasteiger charge is 2.43. The van der Waals surface area contributed by atoms with E-state index in [9.17, 15) is 5.11 Å². The second-order valence-electron chi connectivity index (χ2n) is 10.5. The molecule has 0 radical (unpaired) electrons. The number of nitrogens with zero attached hydrogens (tertiary/aromatic N) is 5. The van der Waals surface area contributed by atoms with Crippen LogP contribution < -0.4 is 16.0 Å². The molecule has 0 fully saturated rings. The van der Waals surface area contributed by atoms with Gasteiger partial charge in [0, 0.05) is 54.7 Å². The van der Waals surface area contributed by atoms with Gasteiger partial charge in [0.2, 0.25) is 0 Å². The number of aliphatic hydroxyl groups is 1. The van der Waals surface area contributed by atoms with Gasteiger partial charge in [-0.3, -0.25) is 0 Å². The van der Waals surface area contributed by atoms with E-state index in [-0.39, 0.29) is 18.2 Å². The van der Waals surface area contributed by atoms with Gasteiger partial charge in [-0.2, -0.15) is 0 Å². The first kappa shape index (κ1) is 25.0. The molecule has 2 atom stereocenters. The van der Waals surface area contributed by atoms with Crippen LogP contribution in [0.2, 0.25) is 0 Å². The summed E-state index contributed by atoms with van der Waals surface area (Å²) in [4.78, 5) is 13.9. The van der Waals surface area contributed by atoms with E-state index in [1.165, 1.54) is 16.8 Å². The van der Waals surface area contributed by atoms with E-state index in [1.807, 2.05) is 42.0 Å². The molecule has 4 N–H and O–H groups in total. The van der Waals surface area contributed by atoms with Gasteiger partial charge in [0.25, 0.3) is 0 Å². The Balaban J connectivity index is 1.42. The number of hydrogen-bond donors (Lipinski definition) is 3. The molecule has 194 valence electrons. The molecule has 8 nitrogen and oxygen atoms in total. The summed E-state index contributed by atoms with van der Waals surface area (Å²) in [6, 6.07) is 16.6. The molecule has 0 saturated heterocycles. The highest BCUT2D eigenvalue weighted by atomic mass is 16.3. The standard InChI is InChI=1S/C29H37N7O/c1-20(36-27-8-6-5-7-22(27)17-29(36,3)19-37)25-18-34(4)15-13-26(25)33-28(30)32-23-9-11-24(12-10-23)35-16-14-31-21(35)2/h5-12,14,16,20,37H,13,15,17-19H2,1-4H3,(H3,30,32,33). The van der Waals surface area contributed by atoms with Crippen molar-refractivity contribution in [2.24, 2.45) is 10.7 Å². The van der Waals surface area contributed by atoms with Gasteiger partial charge < -0.3 is 30.5 Å². The van der Waals surface area contributed by atoms with Crippen LogP contribution in [0.3, 0.4) is 0 Å². The molecule has 8 heteroatoms. The molecule has 2 aliphatic heterocycles. The number of rotatable bonds is 6. The summed E-state index contributed by atoms with van der Waals surface area (Å²) in [5, 5.41) is 13.7. The number of anilines is 2. The molecule has 0 spiro atoms. The minimum atomic E-state index is -0.361. The number of para-hydroxylation sites is 1. The van der Waals surface area contributed by atoms with Crippen LogP contribution in [0, 0.1) is 6.92 Å². The van der Waals surface area contributed by atoms with Crippen LogP contribution in [0.4, 0.5) is 11.4 Å². The van der Waals surface area contributed by atoms with Gasteiger partial charge in [-0.1, -0.05) is 18.2 Å². The molecule has 2 aromatic carbocycles. The molecule has 0 bridgehead atoms. The minimum Gasteiger partial charge on any atom is -0.394 e. The normalized spacial score (nSPS) is 21.3. The minimum absolute atomic E-state index is 0.0628. The Kier molecular flexibility index (Phi) is 6.79. The van der Waals surface area contributed by atoms with Crippen LogP contribution in [0.15, 0.2) is 77.2 Å². The molecular formula is C29H37N7O. The summed E-state index contributed by atoms with van der Waals surface area (Å²) < 4.78 is 2.04. The number of aryl methyl sites for hydroxylation is 1. The van der Waals surface area contributed by atoms with Crippen LogP contribution in [0.5, 0.6) is 0 Å². The summed E-state index contributed by atoms with van der Waals surface area (Å²) in [5.74, 6) is 1.32. The highest BCUT2D eigenvalue weighted by Crippen LogP contribution is 2.42. The van der Waals surface area contributed by atoms with Crippen LogP contribution in [0.1, 0.15) is 31.7 Å². The second kappa shape index (κ2) is 10.0. The monoisotopic (exact) mass is 499 g/mol. The van der Waals surface area contributed by atoms with E-state index in [1.54, 1.807) is 6.20 Å². The maximum absolute atomic E-state index is 10.4. The van der Waals surface area contributed by atoms with Gasteiger partial charge in [-0.05, 0) is 75.7 Å². The summed E-state index contributed by atoms with van der Waals surface area (Å²) in [7, 11) is 2.14. The lowest BCUT2D eigenvalue weighted by atomic mass is 9.93. The number of likely N-dealkylation sites (N-methyl/N-ethyl adjacent to an activating group) is 1. The van der Waals surface area contributed by atoms with Gasteiger partial charge in [0.1, 0.15) is 5.82 Å². The number of nitrogens with two attached hydrogens (primary N) is 1. The summed E-state index contributed by atoms with van der Waals surface area (Å²) >= 11 is 0. The third kappa shape index (κ3) is 4.86. The van der Waals surface area contributed by atoms with E-state index >= 15 is 0 Å². The third-order valence-electron chi connectivity index (χ3n) is 7.68. The molecule has 0 amide bonds. The number of fused-ring (bicyclic) bond motifs is 1. The zero-order valence-corrected chi connectivity index (χ0v) is 22.1. The first-order chi connectivity index (χ1) is 17.8. The van der Waals surface area contributed by atoms with Crippen molar-refractivity contribution in [3.05, 3.63) is 83.6 Å². The van der Waals surface area contributed by atoms with Gasteiger partial charge in [0.15, 0.2) is 5.96 Å². The smallest absolute Gasteiger partial charge is 0.198 e. The topological polar surface area (TPSA) is 94.9 Å². The van der Waals surface area contributed by atoms with Crippen molar-refractivity contribution in [2.45, 2.75) is 45.2 Å². The number of hydrogen-bond acceptors (Lipinski definition) is 5. The first-order valence-electron chi connectivity index (χ1n) is 12.9. The lowest BCUT2D eigenvalue weighted by Crippen LogP contribution is -2.53. The van der Waals surface area contributed by atoms with E-state index in [0.717, 1.165) is 48.8 Å². The fourth-order valence-electron chi connectivity index (χ4n) is 5.74. The van der Waals surface area contributed by atoms with Gasteiger partial charge >= 0.3 is 0 Å². The Morgan fingerprint density at radius 3 is 2.68 bits per heavy atom. The molecule has 1 aromatic heterocycles. The zero-order chi connectivity index (χ0) is 26.2. The van der Waals surface area contributed by atoms with Crippen molar-refractivity contribution in [2.75, 3.05) is 37.0 Å². The maximum Gasteiger partial charge on any atom is 0.198 e. The molecule has 0 saturated carbocycles. The third-order valence-corrected chi connectivity index (χ3v) is 7.68. The SMILES string of the molecule is Cc1nccn1-c1ccc(NC(N)=NC2=C(C(C)N3c4ccccc4CC3(C)CO)CN(C)CC2)cc1. The summed E-state index contributed by atoms with van der Waals surface area (Å²) in [6.45, 7) is 8.17. The average Bonchev–Trinajstić information content (AvgIpc) is 3.45. The van der Waals surface area contributed by atoms with Gasteiger partial charge in [-0.15, -0.1) is 0 Å². The van der Waals surface area contributed by atoms with Gasteiger partial charge in [-0.25, -0.2) is 9.98 Å². The van der Waals surface area contributed by atoms with E-state index in [4.69, 9.17) is 10.7 Å². The van der Waals surface area contributed by atoms with Crippen LogP contribution >= 0.6 is 0 Å². The molecule has 5 rings (SSSR count). The number of nitrogens with one attached hydrogen (secondary N) is 1. The van der Waals surface area contributed by atoms with Crippen molar-refractivity contribution >= 4 is 17.3 Å². The van der Waals surface area contributed by atoms with E-state index in [0.29, 0.717) is 5.96 Å². The Morgan fingerprint density at radius 1 is 1.22 bits per heavy atom. The molecule has 0 aliphatic carbocycles. The van der Waals surface area contributed by atoms with Crippen LogP contribution in [0.25, 0.3) is 5.69 Å². The first-order valence-corrected chi connectivity index (χ1v) is 12.9. The Morgan fingerprint density at radius 2 is 1.97 bits per heavy atom. The molecule has 2 aliphatic rings. The van der Waals surface area contributed by atoms with Crippen molar-refractivity contribution in [1.82, 2.24) is 14.5 Å². The average molecular weight is 500 g/mol. The van der Waals surface area contributed by atoms with Crippen LogP contribution in [-0.4, -0.2) is 63.8 Å². The van der Waals surface area contributed by atoms with Gasteiger partial charge in [0.05, 0.1) is 18.2 Å². The van der Waals surface area contributed by atoms with Crippen molar-refractivity contribution in [3.8, 4) is 5.69 Å². The van der Waals surface area contributed by atoms with E-state index < -0.39 is 0 Å². The number of aliphatic hydroxyl groups excluding tert-OH is 1. The predicted octanol–water partition coefficient (Wildman–Crippen LogP) is 3.70. The number of imidazole rings is 1. The number of benzene rings is 2. The Labute approximate surface area is 219 Å². The largest absolute Gasteiger partial charge is 0.394 e. The summed E-state index contributed by atoms with van der Waals surface area (Å²) in [6.07, 6.45) is 5.39. The number of guanidine groups is 1. The Bertz CT molecular complexity index is 1330. The molecule has 2 unspecified atom stereocenters. The zero-order valence-electron chi connectivity index (χ0n) is 22.1. The maximum atomic E-state index is 10.4. The lowest BCUT2D eigenvalue weighted by Gasteiger charge is -2.43. The summed E-state index contributed by atoms with van der Waals surface area (Å²) in [5.41, 5.74) is 12.7. The van der Waals surface area contributed by atoms with Crippen molar-refractivity contribution in [3.63, 3.8) is 0 Å². The molecule has 3 heterocycles. The van der Waals surface area contributed by atoms with E-state index in [2.05, 4.69) is 65.3 Å². The second-order valence-corrected chi connectivity index (χ2v) is 10.5. The van der Waals surface area contributed by atoms with Crippen molar-refractivity contribution in [1.29, 1.82) is 0 Å². The lowest BCUT2D eigenvalue weighted by molar-refractivity contribution is 0.199. The fourth-order valence-corrected chi connectivity index (χ4v) is 5.74. The fraction of sp³-hybridized carbons (Fsp3) is 0.379. The quantitative estimate of drug-likeness (QED) is 0.354. The Hall–Kier alpha value is -3.62. The molecule has 37 heavy (non-hydrogen) atoms. The van der Waals surface area contributed by atoms with Crippen LogP contribution in [-0.2, 0) is 6.42 Å². The number of aromatic nitrogens is 2.